The standard InChI is InChI=1S/C22H17N3O/c26-23-15-20-16-25(21-9-5-2-6-10-21)24-22(20)19-13-11-18(12-14-19)17-7-3-1-4-8-17/h1-16,26H. The second-order valence-electron chi connectivity index (χ2n) is 5.90. The summed E-state index contributed by atoms with van der Waals surface area (Å²) in [6.07, 6.45) is 3.27. The molecule has 0 saturated heterocycles. The molecule has 0 radical (unpaired) electrons. The third kappa shape index (κ3) is 3.13. The van der Waals surface area contributed by atoms with Crippen LogP contribution in [0.25, 0.3) is 28.1 Å². The molecule has 4 aromatic rings. The Morgan fingerprint density at radius 3 is 1.96 bits per heavy atom. The molecule has 0 aliphatic carbocycles. The molecule has 0 bridgehead atoms. The molecule has 0 fully saturated rings. The lowest BCUT2D eigenvalue weighted by Crippen LogP contribution is -1.94. The Morgan fingerprint density at radius 1 is 0.731 bits per heavy atom. The van der Waals surface area contributed by atoms with E-state index in [1.54, 1.807) is 4.68 Å². The summed E-state index contributed by atoms with van der Waals surface area (Å²) in [6.45, 7) is 0. The summed E-state index contributed by atoms with van der Waals surface area (Å²) in [5, 5.41) is 16.9. The number of rotatable bonds is 4. The highest BCUT2D eigenvalue weighted by Crippen LogP contribution is 2.26. The lowest BCUT2D eigenvalue weighted by molar-refractivity contribution is 0.322. The first-order valence-corrected chi connectivity index (χ1v) is 8.33. The summed E-state index contributed by atoms with van der Waals surface area (Å²) >= 11 is 0. The number of aromatic nitrogens is 2. The molecule has 0 aliphatic rings. The summed E-state index contributed by atoms with van der Waals surface area (Å²) in [4.78, 5) is 0. The third-order valence-corrected chi connectivity index (χ3v) is 4.23. The molecule has 126 valence electrons. The number of benzene rings is 3. The highest BCUT2D eigenvalue weighted by Gasteiger charge is 2.11. The summed E-state index contributed by atoms with van der Waals surface area (Å²) < 4.78 is 1.79. The van der Waals surface area contributed by atoms with E-state index in [9.17, 15) is 0 Å². The molecule has 0 saturated carbocycles. The van der Waals surface area contributed by atoms with Gasteiger partial charge in [-0.05, 0) is 23.3 Å². The molecule has 4 rings (SSSR count). The summed E-state index contributed by atoms with van der Waals surface area (Å²) in [6, 6.07) is 28.3. The molecule has 4 heteroatoms. The van der Waals surface area contributed by atoms with Crippen LogP contribution in [-0.2, 0) is 0 Å². The van der Waals surface area contributed by atoms with Crippen LogP contribution in [0.5, 0.6) is 0 Å². The van der Waals surface area contributed by atoms with Crippen molar-refractivity contribution in [3.63, 3.8) is 0 Å². The van der Waals surface area contributed by atoms with Crippen molar-refractivity contribution >= 4 is 6.21 Å². The van der Waals surface area contributed by atoms with Crippen molar-refractivity contribution in [1.29, 1.82) is 0 Å². The van der Waals surface area contributed by atoms with Crippen LogP contribution in [-0.4, -0.2) is 21.2 Å². The highest BCUT2D eigenvalue weighted by atomic mass is 16.4. The van der Waals surface area contributed by atoms with E-state index in [4.69, 9.17) is 5.21 Å². The number of hydrogen-bond donors (Lipinski definition) is 1. The van der Waals surface area contributed by atoms with Crippen LogP contribution in [0.4, 0.5) is 0 Å². The van der Waals surface area contributed by atoms with Crippen molar-refractivity contribution in [3.8, 4) is 28.1 Å². The van der Waals surface area contributed by atoms with Crippen LogP contribution in [0, 0.1) is 0 Å². The second-order valence-corrected chi connectivity index (χ2v) is 5.90. The molecule has 4 nitrogen and oxygen atoms in total. The van der Waals surface area contributed by atoms with Crippen LogP contribution in [0.3, 0.4) is 0 Å². The van der Waals surface area contributed by atoms with Crippen LogP contribution >= 0.6 is 0 Å². The van der Waals surface area contributed by atoms with E-state index in [-0.39, 0.29) is 0 Å². The largest absolute Gasteiger partial charge is 0.411 e. The molecular weight excluding hydrogens is 322 g/mol. The fourth-order valence-corrected chi connectivity index (χ4v) is 2.93. The Balaban J connectivity index is 1.74. The average molecular weight is 339 g/mol. The zero-order chi connectivity index (χ0) is 17.8. The van der Waals surface area contributed by atoms with Crippen molar-refractivity contribution in [2.45, 2.75) is 0 Å². The summed E-state index contributed by atoms with van der Waals surface area (Å²) in [7, 11) is 0. The number of oxime groups is 1. The van der Waals surface area contributed by atoms with E-state index in [0.717, 1.165) is 28.1 Å². The maximum atomic E-state index is 9.00. The number of nitrogens with zero attached hydrogens (tertiary/aromatic N) is 3. The molecule has 0 unspecified atom stereocenters. The average Bonchev–Trinajstić information content (AvgIpc) is 3.14. The molecule has 1 N–H and O–H groups in total. The Bertz CT molecular complexity index is 1020. The predicted molar refractivity (Wildman–Crippen MR) is 104 cm³/mol. The van der Waals surface area contributed by atoms with E-state index < -0.39 is 0 Å². The Hall–Kier alpha value is -3.66. The Labute approximate surface area is 151 Å². The highest BCUT2D eigenvalue weighted by molar-refractivity contribution is 5.88. The first-order valence-electron chi connectivity index (χ1n) is 8.33. The maximum absolute atomic E-state index is 9.00. The van der Waals surface area contributed by atoms with Gasteiger partial charge in [0.05, 0.1) is 11.9 Å². The maximum Gasteiger partial charge on any atom is 0.102 e. The van der Waals surface area contributed by atoms with Gasteiger partial charge in [0.2, 0.25) is 0 Å². The van der Waals surface area contributed by atoms with Crippen molar-refractivity contribution in [2.75, 3.05) is 0 Å². The molecule has 1 heterocycles. The van der Waals surface area contributed by atoms with Gasteiger partial charge >= 0.3 is 0 Å². The number of hydrogen-bond acceptors (Lipinski definition) is 3. The van der Waals surface area contributed by atoms with E-state index in [1.807, 2.05) is 66.9 Å². The third-order valence-electron chi connectivity index (χ3n) is 4.23. The van der Waals surface area contributed by atoms with Gasteiger partial charge in [-0.3, -0.25) is 0 Å². The van der Waals surface area contributed by atoms with Crippen LogP contribution in [0.1, 0.15) is 5.56 Å². The van der Waals surface area contributed by atoms with Gasteiger partial charge in [-0.1, -0.05) is 78.0 Å². The lowest BCUT2D eigenvalue weighted by Gasteiger charge is -2.04. The Morgan fingerprint density at radius 2 is 1.31 bits per heavy atom. The molecular formula is C22H17N3O. The minimum atomic E-state index is 0.754. The fourth-order valence-electron chi connectivity index (χ4n) is 2.93. The fraction of sp³-hybridized carbons (Fsp3) is 0. The van der Waals surface area contributed by atoms with Crippen LogP contribution in [0.2, 0.25) is 0 Å². The zero-order valence-electron chi connectivity index (χ0n) is 14.0. The van der Waals surface area contributed by atoms with E-state index in [1.165, 1.54) is 11.8 Å². The summed E-state index contributed by atoms with van der Waals surface area (Å²) in [5.41, 5.74) is 5.76. The van der Waals surface area contributed by atoms with Crippen LogP contribution < -0.4 is 0 Å². The first kappa shape index (κ1) is 15.8. The molecule has 0 amide bonds. The molecule has 0 atom stereocenters. The van der Waals surface area contributed by atoms with Crippen molar-refractivity contribution in [1.82, 2.24) is 9.78 Å². The topological polar surface area (TPSA) is 50.4 Å². The quantitative estimate of drug-likeness (QED) is 0.323. The van der Waals surface area contributed by atoms with Gasteiger partial charge in [0.15, 0.2) is 0 Å². The minimum Gasteiger partial charge on any atom is -0.411 e. The van der Waals surface area contributed by atoms with Crippen molar-refractivity contribution < 1.29 is 5.21 Å². The van der Waals surface area contributed by atoms with E-state index in [2.05, 4.69) is 34.5 Å². The van der Waals surface area contributed by atoms with Crippen molar-refractivity contribution in [3.05, 3.63) is 96.7 Å². The van der Waals surface area contributed by atoms with Gasteiger partial charge in [0.25, 0.3) is 0 Å². The molecule has 3 aromatic carbocycles. The monoisotopic (exact) mass is 339 g/mol. The smallest absolute Gasteiger partial charge is 0.102 e. The molecule has 26 heavy (non-hydrogen) atoms. The normalized spacial score (nSPS) is 11.1. The first-order chi connectivity index (χ1) is 12.8. The zero-order valence-corrected chi connectivity index (χ0v) is 14.0. The van der Waals surface area contributed by atoms with E-state index >= 15 is 0 Å². The van der Waals surface area contributed by atoms with Gasteiger partial charge in [0, 0.05) is 17.3 Å². The number of para-hydroxylation sites is 1. The van der Waals surface area contributed by atoms with Gasteiger partial charge in [0.1, 0.15) is 5.69 Å². The molecule has 0 aliphatic heterocycles. The van der Waals surface area contributed by atoms with Crippen LogP contribution in [0.15, 0.2) is 96.3 Å². The Kier molecular flexibility index (Phi) is 4.31. The van der Waals surface area contributed by atoms with Crippen molar-refractivity contribution in [2.24, 2.45) is 5.16 Å². The van der Waals surface area contributed by atoms with Gasteiger partial charge in [-0.25, -0.2) is 4.68 Å². The van der Waals surface area contributed by atoms with Gasteiger partial charge in [-0.15, -0.1) is 0 Å². The van der Waals surface area contributed by atoms with Gasteiger partial charge in [-0.2, -0.15) is 5.10 Å². The lowest BCUT2D eigenvalue weighted by atomic mass is 10.0. The van der Waals surface area contributed by atoms with Gasteiger partial charge < -0.3 is 5.21 Å². The van der Waals surface area contributed by atoms with E-state index in [0.29, 0.717) is 0 Å². The summed E-state index contributed by atoms with van der Waals surface area (Å²) in [5.74, 6) is 0. The predicted octanol–water partition coefficient (Wildman–Crippen LogP) is 5.01. The SMILES string of the molecule is ON=Cc1cn(-c2ccccc2)nc1-c1ccc(-c2ccccc2)cc1. The molecule has 0 spiro atoms. The minimum absolute atomic E-state index is 0.754. The second kappa shape index (κ2) is 7.07. The molecule has 1 aromatic heterocycles.